The molecule has 0 bridgehead atoms. The summed E-state index contributed by atoms with van der Waals surface area (Å²) in [4.78, 5) is 2.32. The van der Waals surface area contributed by atoms with Gasteiger partial charge in [0, 0.05) is 13.7 Å². The predicted octanol–water partition coefficient (Wildman–Crippen LogP) is 0.446. The zero-order chi connectivity index (χ0) is 9.03. The van der Waals surface area contributed by atoms with Gasteiger partial charge >= 0.3 is 0 Å². The lowest BCUT2D eigenvalue weighted by molar-refractivity contribution is -0.0626. The Morgan fingerprint density at radius 1 is 1.58 bits per heavy atom. The van der Waals surface area contributed by atoms with Gasteiger partial charge in [-0.15, -0.1) is 0 Å². The summed E-state index contributed by atoms with van der Waals surface area (Å²) in [6, 6.07) is 0. The highest BCUT2D eigenvalue weighted by molar-refractivity contribution is 4.87. The summed E-state index contributed by atoms with van der Waals surface area (Å²) >= 11 is 0. The van der Waals surface area contributed by atoms with Crippen molar-refractivity contribution in [1.82, 2.24) is 4.90 Å². The summed E-state index contributed by atoms with van der Waals surface area (Å²) in [6.07, 6.45) is 3.36. The number of ether oxygens (including phenoxy) is 1. The summed E-state index contributed by atoms with van der Waals surface area (Å²) < 4.78 is 5.57. The molecule has 0 aliphatic carbocycles. The minimum Gasteiger partial charge on any atom is -0.377 e. The van der Waals surface area contributed by atoms with Crippen LogP contribution in [0.1, 0.15) is 19.3 Å². The average molecular weight is 172 g/mol. The van der Waals surface area contributed by atoms with Gasteiger partial charge in [-0.25, -0.2) is 0 Å². The van der Waals surface area contributed by atoms with E-state index < -0.39 is 0 Å². The summed E-state index contributed by atoms with van der Waals surface area (Å²) in [5, 5.41) is 0. The SMILES string of the molecule is COC1(CCN)CCCN(C)C1. The van der Waals surface area contributed by atoms with Crippen LogP contribution in [0.25, 0.3) is 0 Å². The van der Waals surface area contributed by atoms with Crippen LogP contribution in [-0.4, -0.2) is 44.3 Å². The van der Waals surface area contributed by atoms with E-state index in [2.05, 4.69) is 11.9 Å². The lowest BCUT2D eigenvalue weighted by Gasteiger charge is -2.40. The minimum atomic E-state index is 0.0434. The molecule has 0 spiro atoms. The van der Waals surface area contributed by atoms with Crippen LogP contribution in [0, 0.1) is 0 Å². The molecule has 0 amide bonds. The van der Waals surface area contributed by atoms with Crippen molar-refractivity contribution < 1.29 is 4.74 Å². The number of piperidine rings is 1. The van der Waals surface area contributed by atoms with Crippen LogP contribution in [0.4, 0.5) is 0 Å². The number of hydrogen-bond donors (Lipinski definition) is 1. The molecule has 3 heteroatoms. The number of likely N-dealkylation sites (tertiary alicyclic amines) is 1. The molecular weight excluding hydrogens is 152 g/mol. The Balaban J connectivity index is 2.51. The third-order valence-electron chi connectivity index (χ3n) is 2.76. The van der Waals surface area contributed by atoms with Gasteiger partial charge in [-0.1, -0.05) is 0 Å². The average Bonchev–Trinajstić information content (AvgIpc) is 2.05. The van der Waals surface area contributed by atoms with Crippen molar-refractivity contribution in [2.45, 2.75) is 24.9 Å². The van der Waals surface area contributed by atoms with E-state index in [0.29, 0.717) is 0 Å². The topological polar surface area (TPSA) is 38.5 Å². The van der Waals surface area contributed by atoms with Crippen molar-refractivity contribution in [2.75, 3.05) is 33.8 Å². The minimum absolute atomic E-state index is 0.0434. The Morgan fingerprint density at radius 3 is 2.83 bits per heavy atom. The number of likely N-dealkylation sites (N-methyl/N-ethyl adjacent to an activating group) is 1. The quantitative estimate of drug-likeness (QED) is 0.671. The van der Waals surface area contributed by atoms with Crippen LogP contribution in [0.5, 0.6) is 0 Å². The summed E-state index contributed by atoms with van der Waals surface area (Å²) in [5.74, 6) is 0. The van der Waals surface area contributed by atoms with Crippen molar-refractivity contribution in [2.24, 2.45) is 5.73 Å². The number of hydrogen-bond acceptors (Lipinski definition) is 3. The van der Waals surface area contributed by atoms with Crippen LogP contribution in [0.15, 0.2) is 0 Å². The van der Waals surface area contributed by atoms with Gasteiger partial charge in [0.05, 0.1) is 5.60 Å². The van der Waals surface area contributed by atoms with E-state index in [-0.39, 0.29) is 5.60 Å². The molecule has 0 aromatic heterocycles. The fourth-order valence-corrected chi connectivity index (χ4v) is 2.06. The maximum atomic E-state index is 5.57. The van der Waals surface area contributed by atoms with Crippen LogP contribution < -0.4 is 5.73 Å². The lowest BCUT2D eigenvalue weighted by atomic mass is 9.89. The first-order valence-corrected chi connectivity index (χ1v) is 4.66. The highest BCUT2D eigenvalue weighted by Crippen LogP contribution is 2.26. The number of rotatable bonds is 3. The van der Waals surface area contributed by atoms with E-state index in [0.717, 1.165) is 25.9 Å². The summed E-state index contributed by atoms with van der Waals surface area (Å²) in [5.41, 5.74) is 5.61. The Bertz CT molecular complexity index is 136. The number of nitrogens with zero attached hydrogens (tertiary/aromatic N) is 1. The van der Waals surface area contributed by atoms with Crippen molar-refractivity contribution in [3.8, 4) is 0 Å². The molecule has 1 saturated heterocycles. The molecular formula is C9H20N2O. The molecule has 1 atom stereocenters. The Hall–Kier alpha value is -0.120. The van der Waals surface area contributed by atoms with Crippen molar-refractivity contribution >= 4 is 0 Å². The van der Waals surface area contributed by atoms with Gasteiger partial charge in [-0.3, -0.25) is 0 Å². The van der Waals surface area contributed by atoms with Crippen molar-refractivity contribution in [1.29, 1.82) is 0 Å². The zero-order valence-corrected chi connectivity index (χ0v) is 8.18. The molecule has 1 fully saturated rings. The third kappa shape index (κ3) is 2.19. The van der Waals surface area contributed by atoms with Gasteiger partial charge < -0.3 is 15.4 Å². The second-order valence-corrected chi connectivity index (χ2v) is 3.77. The predicted molar refractivity (Wildman–Crippen MR) is 50.1 cm³/mol. The first kappa shape index (κ1) is 9.96. The molecule has 0 radical (unpaired) electrons. The Kier molecular flexibility index (Phi) is 3.50. The molecule has 72 valence electrons. The molecule has 1 aliphatic heterocycles. The number of methoxy groups -OCH3 is 1. The molecule has 0 saturated carbocycles. The van der Waals surface area contributed by atoms with Gasteiger partial charge in [0.2, 0.25) is 0 Å². The molecule has 0 aromatic rings. The van der Waals surface area contributed by atoms with Gasteiger partial charge in [0.25, 0.3) is 0 Å². The normalized spacial score (nSPS) is 32.2. The van der Waals surface area contributed by atoms with Crippen molar-refractivity contribution in [3.63, 3.8) is 0 Å². The third-order valence-corrected chi connectivity index (χ3v) is 2.76. The fourth-order valence-electron chi connectivity index (χ4n) is 2.06. The zero-order valence-electron chi connectivity index (χ0n) is 8.18. The smallest absolute Gasteiger partial charge is 0.0817 e. The standard InChI is InChI=1S/C9H20N2O/c1-11-7-3-4-9(8-11,12-2)5-6-10/h3-8,10H2,1-2H3. The van der Waals surface area contributed by atoms with Gasteiger partial charge in [0.15, 0.2) is 0 Å². The van der Waals surface area contributed by atoms with E-state index in [1.807, 2.05) is 0 Å². The van der Waals surface area contributed by atoms with E-state index in [4.69, 9.17) is 10.5 Å². The largest absolute Gasteiger partial charge is 0.377 e. The van der Waals surface area contributed by atoms with Crippen LogP contribution >= 0.6 is 0 Å². The highest BCUT2D eigenvalue weighted by atomic mass is 16.5. The molecule has 12 heavy (non-hydrogen) atoms. The Labute approximate surface area is 74.9 Å². The molecule has 1 unspecified atom stereocenters. The summed E-state index contributed by atoms with van der Waals surface area (Å²) in [6.45, 7) is 2.94. The van der Waals surface area contributed by atoms with E-state index in [9.17, 15) is 0 Å². The Morgan fingerprint density at radius 2 is 2.33 bits per heavy atom. The summed E-state index contributed by atoms with van der Waals surface area (Å²) in [7, 11) is 3.94. The monoisotopic (exact) mass is 172 g/mol. The number of nitrogens with two attached hydrogens (primary N) is 1. The maximum Gasteiger partial charge on any atom is 0.0817 e. The molecule has 0 aromatic carbocycles. The van der Waals surface area contributed by atoms with E-state index >= 15 is 0 Å². The lowest BCUT2D eigenvalue weighted by Crippen LogP contribution is -2.48. The van der Waals surface area contributed by atoms with Gasteiger partial charge in [0.1, 0.15) is 0 Å². The molecule has 1 rings (SSSR count). The van der Waals surface area contributed by atoms with Crippen LogP contribution in [-0.2, 0) is 4.74 Å². The maximum absolute atomic E-state index is 5.57. The van der Waals surface area contributed by atoms with Gasteiger partial charge in [-0.2, -0.15) is 0 Å². The van der Waals surface area contributed by atoms with Crippen molar-refractivity contribution in [3.05, 3.63) is 0 Å². The second kappa shape index (κ2) is 4.21. The van der Waals surface area contributed by atoms with Crippen LogP contribution in [0.3, 0.4) is 0 Å². The first-order chi connectivity index (χ1) is 5.72. The molecule has 3 nitrogen and oxygen atoms in total. The highest BCUT2D eigenvalue weighted by Gasteiger charge is 2.33. The molecule has 1 heterocycles. The second-order valence-electron chi connectivity index (χ2n) is 3.77. The van der Waals surface area contributed by atoms with Gasteiger partial charge in [-0.05, 0) is 39.4 Å². The van der Waals surface area contributed by atoms with Crippen LogP contribution in [0.2, 0.25) is 0 Å². The fraction of sp³-hybridized carbons (Fsp3) is 1.00. The molecule has 2 N–H and O–H groups in total. The molecule has 1 aliphatic rings. The first-order valence-electron chi connectivity index (χ1n) is 4.66. The van der Waals surface area contributed by atoms with E-state index in [1.165, 1.54) is 13.0 Å². The van der Waals surface area contributed by atoms with E-state index in [1.54, 1.807) is 7.11 Å².